The molecule has 6 heteroatoms. The molecule has 0 spiro atoms. The summed E-state index contributed by atoms with van der Waals surface area (Å²) in [6.45, 7) is 3.59. The van der Waals surface area contributed by atoms with Crippen LogP contribution in [0.1, 0.15) is 31.9 Å². The van der Waals surface area contributed by atoms with Crippen molar-refractivity contribution in [1.29, 1.82) is 0 Å². The third-order valence-corrected chi connectivity index (χ3v) is 3.48. The van der Waals surface area contributed by atoms with Gasteiger partial charge < -0.3 is 26.6 Å². The van der Waals surface area contributed by atoms with Gasteiger partial charge in [0.05, 0.1) is 18.8 Å². The second-order valence-corrected chi connectivity index (χ2v) is 4.93. The van der Waals surface area contributed by atoms with Crippen molar-refractivity contribution in [1.82, 2.24) is 5.32 Å². The van der Waals surface area contributed by atoms with Gasteiger partial charge in [0.15, 0.2) is 0 Å². The number of aliphatic hydroxyl groups excluding tert-OH is 2. The number of rotatable bonds is 7. The van der Waals surface area contributed by atoms with E-state index in [2.05, 4.69) is 10.6 Å². The number of urea groups is 1. The molecule has 0 aliphatic rings. The summed E-state index contributed by atoms with van der Waals surface area (Å²) in [5.74, 6) is 0. The van der Waals surface area contributed by atoms with E-state index in [-0.39, 0.29) is 19.3 Å². The number of nitrogens with one attached hydrogen (secondary N) is 2. The average molecular weight is 281 g/mol. The normalized spacial score (nSPS) is 13.0. The second-order valence-electron chi connectivity index (χ2n) is 4.93. The lowest BCUT2D eigenvalue weighted by Gasteiger charge is -2.33. The van der Waals surface area contributed by atoms with Crippen molar-refractivity contribution in [2.75, 3.05) is 18.5 Å². The molecular formula is C14H23N3O3. The van der Waals surface area contributed by atoms with Crippen molar-refractivity contribution < 1.29 is 15.0 Å². The molecule has 0 bridgehead atoms. The first-order valence-corrected chi connectivity index (χ1v) is 6.62. The van der Waals surface area contributed by atoms with Gasteiger partial charge in [-0.1, -0.05) is 19.1 Å². The first-order chi connectivity index (χ1) is 9.46. The van der Waals surface area contributed by atoms with E-state index in [0.717, 1.165) is 5.56 Å². The van der Waals surface area contributed by atoms with Crippen LogP contribution in [0.15, 0.2) is 24.3 Å². The molecule has 20 heavy (non-hydrogen) atoms. The van der Waals surface area contributed by atoms with E-state index in [0.29, 0.717) is 12.1 Å². The minimum Gasteiger partial charge on any atom is -0.394 e. The molecule has 1 aromatic carbocycles. The van der Waals surface area contributed by atoms with Crippen LogP contribution >= 0.6 is 0 Å². The van der Waals surface area contributed by atoms with Crippen molar-refractivity contribution in [2.24, 2.45) is 5.73 Å². The minimum absolute atomic E-state index is 0.0446. The fraction of sp³-hybridized carbons (Fsp3) is 0.500. The number of nitrogens with two attached hydrogens (primary N) is 1. The molecule has 0 heterocycles. The number of anilines is 1. The average Bonchev–Trinajstić information content (AvgIpc) is 2.45. The van der Waals surface area contributed by atoms with Crippen LogP contribution in [-0.4, -0.2) is 35.0 Å². The first kappa shape index (κ1) is 16.4. The van der Waals surface area contributed by atoms with Gasteiger partial charge in [-0.05, 0) is 31.0 Å². The maximum atomic E-state index is 10.7. The molecule has 0 radical (unpaired) electrons. The number of hydrogen-bond donors (Lipinski definition) is 5. The Kier molecular flexibility index (Phi) is 5.94. The van der Waals surface area contributed by atoms with Crippen molar-refractivity contribution in [3.8, 4) is 0 Å². The molecule has 1 rings (SSSR count). The molecule has 1 unspecified atom stereocenters. The van der Waals surface area contributed by atoms with E-state index < -0.39 is 11.6 Å². The van der Waals surface area contributed by atoms with E-state index in [4.69, 9.17) is 5.73 Å². The Labute approximate surface area is 119 Å². The van der Waals surface area contributed by atoms with Crippen LogP contribution in [0.25, 0.3) is 0 Å². The predicted molar refractivity (Wildman–Crippen MR) is 78.4 cm³/mol. The fourth-order valence-electron chi connectivity index (χ4n) is 2.01. The van der Waals surface area contributed by atoms with Crippen LogP contribution in [0, 0.1) is 0 Å². The zero-order valence-corrected chi connectivity index (χ0v) is 11.9. The lowest BCUT2D eigenvalue weighted by molar-refractivity contribution is 0.0793. The van der Waals surface area contributed by atoms with Crippen LogP contribution in [-0.2, 0) is 0 Å². The summed E-state index contributed by atoms with van der Waals surface area (Å²) < 4.78 is 0. The summed E-state index contributed by atoms with van der Waals surface area (Å²) in [6.07, 6.45) is 0.617. The Balaban J connectivity index is 2.76. The fourth-order valence-corrected chi connectivity index (χ4v) is 2.01. The smallest absolute Gasteiger partial charge is 0.316 e. The number of benzene rings is 1. The van der Waals surface area contributed by atoms with E-state index in [1.165, 1.54) is 0 Å². The Morgan fingerprint density at radius 3 is 2.25 bits per heavy atom. The molecular weight excluding hydrogens is 258 g/mol. The first-order valence-electron chi connectivity index (χ1n) is 6.62. The highest BCUT2D eigenvalue weighted by molar-refractivity contribution is 5.87. The van der Waals surface area contributed by atoms with Crippen LogP contribution in [0.3, 0.4) is 0 Å². The molecule has 0 aromatic heterocycles. The van der Waals surface area contributed by atoms with E-state index in [1.54, 1.807) is 12.1 Å². The Hall–Kier alpha value is -1.63. The summed E-state index contributed by atoms with van der Waals surface area (Å²) in [7, 11) is 0. The summed E-state index contributed by atoms with van der Waals surface area (Å²) >= 11 is 0. The molecule has 1 aromatic rings. The topological polar surface area (TPSA) is 108 Å². The maximum absolute atomic E-state index is 10.7. The highest BCUT2D eigenvalue weighted by Crippen LogP contribution is 2.20. The van der Waals surface area contributed by atoms with Gasteiger partial charge in [0, 0.05) is 11.7 Å². The zero-order valence-electron chi connectivity index (χ0n) is 11.9. The van der Waals surface area contributed by atoms with Gasteiger partial charge in [-0.2, -0.15) is 0 Å². The van der Waals surface area contributed by atoms with Gasteiger partial charge in [-0.15, -0.1) is 0 Å². The second kappa shape index (κ2) is 7.23. The molecule has 0 saturated heterocycles. The molecule has 2 amide bonds. The highest BCUT2D eigenvalue weighted by atomic mass is 16.3. The van der Waals surface area contributed by atoms with Crippen molar-refractivity contribution in [2.45, 2.75) is 31.8 Å². The minimum atomic E-state index is -0.691. The number of carbonyl (C=O) groups is 1. The Morgan fingerprint density at radius 2 is 1.85 bits per heavy atom. The number of aliphatic hydroxyl groups is 2. The largest absolute Gasteiger partial charge is 0.394 e. The van der Waals surface area contributed by atoms with Gasteiger partial charge in [-0.3, -0.25) is 0 Å². The third kappa shape index (κ3) is 4.19. The van der Waals surface area contributed by atoms with E-state index >= 15 is 0 Å². The molecule has 112 valence electrons. The van der Waals surface area contributed by atoms with E-state index in [1.807, 2.05) is 26.0 Å². The van der Waals surface area contributed by atoms with Crippen molar-refractivity contribution >= 4 is 11.7 Å². The summed E-state index contributed by atoms with van der Waals surface area (Å²) in [4.78, 5) is 10.7. The molecule has 1 atom stereocenters. The zero-order chi connectivity index (χ0) is 15.2. The van der Waals surface area contributed by atoms with Crippen LogP contribution in [0.5, 0.6) is 0 Å². The monoisotopic (exact) mass is 281 g/mol. The standard InChI is InChI=1S/C14H23N3O3/c1-3-14(8-18,9-19)17-10(2)11-4-6-12(7-5-11)16-13(15)20/h4-7,10,17-19H,3,8-9H2,1-2H3,(H3,15,16,20). The van der Waals surface area contributed by atoms with Gasteiger partial charge in [0.25, 0.3) is 0 Å². The molecule has 0 aliphatic carbocycles. The summed E-state index contributed by atoms with van der Waals surface area (Å²) in [5, 5.41) is 24.6. The predicted octanol–water partition coefficient (Wildman–Crippen LogP) is 0.961. The number of amides is 2. The van der Waals surface area contributed by atoms with E-state index in [9.17, 15) is 15.0 Å². The van der Waals surface area contributed by atoms with Crippen LogP contribution in [0.2, 0.25) is 0 Å². The lowest BCUT2D eigenvalue weighted by Crippen LogP contribution is -2.52. The SMILES string of the molecule is CCC(CO)(CO)NC(C)c1ccc(NC(N)=O)cc1. The molecule has 0 fully saturated rings. The third-order valence-electron chi connectivity index (χ3n) is 3.48. The van der Waals surface area contributed by atoms with Crippen LogP contribution in [0.4, 0.5) is 10.5 Å². The Bertz CT molecular complexity index is 422. The molecule has 6 N–H and O–H groups in total. The number of hydrogen-bond acceptors (Lipinski definition) is 4. The Morgan fingerprint density at radius 1 is 1.30 bits per heavy atom. The maximum Gasteiger partial charge on any atom is 0.316 e. The number of carbonyl (C=O) groups excluding carboxylic acids is 1. The highest BCUT2D eigenvalue weighted by Gasteiger charge is 2.28. The summed E-state index contributed by atoms with van der Waals surface area (Å²) in [6, 6.07) is 6.58. The summed E-state index contributed by atoms with van der Waals surface area (Å²) in [5.41, 5.74) is 5.96. The molecule has 0 aliphatic heterocycles. The van der Waals surface area contributed by atoms with Crippen LogP contribution < -0.4 is 16.4 Å². The van der Waals surface area contributed by atoms with Gasteiger partial charge >= 0.3 is 6.03 Å². The van der Waals surface area contributed by atoms with Crippen molar-refractivity contribution in [3.05, 3.63) is 29.8 Å². The molecule has 6 nitrogen and oxygen atoms in total. The van der Waals surface area contributed by atoms with Gasteiger partial charge in [-0.25, -0.2) is 4.79 Å². The molecule has 0 saturated carbocycles. The van der Waals surface area contributed by atoms with Gasteiger partial charge in [0.2, 0.25) is 0 Å². The van der Waals surface area contributed by atoms with Crippen molar-refractivity contribution in [3.63, 3.8) is 0 Å². The quantitative estimate of drug-likeness (QED) is 0.513. The lowest BCUT2D eigenvalue weighted by atomic mass is 9.95. The van der Waals surface area contributed by atoms with Gasteiger partial charge in [0.1, 0.15) is 0 Å². The number of primary amides is 1.